The number of rotatable bonds is 5. The molecule has 0 saturated carbocycles. The van der Waals surface area contributed by atoms with Crippen LogP contribution >= 0.6 is 34.8 Å². The van der Waals surface area contributed by atoms with E-state index in [1.54, 1.807) is 19.1 Å². The summed E-state index contributed by atoms with van der Waals surface area (Å²) in [6.45, 7) is 5.29. The number of allylic oxidation sites excluding steroid dienone is 4. The molecule has 4 heteroatoms. The molecule has 0 unspecified atom stereocenters. The highest BCUT2D eigenvalue weighted by Crippen LogP contribution is 2.26. The van der Waals surface area contributed by atoms with Gasteiger partial charge in [-0.1, -0.05) is 29.8 Å². The summed E-state index contributed by atoms with van der Waals surface area (Å²) in [6, 6.07) is 0. The van der Waals surface area contributed by atoms with Gasteiger partial charge < -0.3 is 0 Å². The van der Waals surface area contributed by atoms with E-state index in [1.807, 2.05) is 0 Å². The van der Waals surface area contributed by atoms with E-state index in [-0.39, 0.29) is 0 Å². The van der Waals surface area contributed by atoms with Gasteiger partial charge in [0.15, 0.2) is 6.29 Å². The molecule has 0 aromatic carbocycles. The molecule has 0 amide bonds. The lowest BCUT2D eigenvalue weighted by Crippen LogP contribution is -2.24. The van der Waals surface area contributed by atoms with Crippen LogP contribution in [0.1, 0.15) is 6.92 Å². The Hall–Kier alpha value is -0.240. The number of halogens is 3. The zero-order chi connectivity index (χ0) is 11.2. The van der Waals surface area contributed by atoms with E-state index in [9.17, 15) is 4.79 Å². The Morgan fingerprint density at radius 1 is 1.57 bits per heavy atom. The highest BCUT2D eigenvalue weighted by Gasteiger charge is 2.24. The number of carbonyl (C=O) groups excluding carboxylic acids is 1. The van der Waals surface area contributed by atoms with Crippen molar-refractivity contribution in [1.82, 2.24) is 0 Å². The molecule has 0 aliphatic rings. The summed E-state index contributed by atoms with van der Waals surface area (Å²) in [5.74, 6) is 0. The van der Waals surface area contributed by atoms with Crippen LogP contribution in [0.4, 0.5) is 0 Å². The lowest BCUT2D eigenvalue weighted by atomic mass is 10.1. The van der Waals surface area contributed by atoms with Crippen molar-refractivity contribution in [2.45, 2.75) is 17.2 Å². The van der Waals surface area contributed by atoms with Crippen LogP contribution < -0.4 is 0 Å². The standard InChI is InChI=1S/C10H11Cl3O/c1-3-10(2,13)9(12)5-4-8(6-11)7-14/h3-7,9H,1H2,2H3/b5-4+,8-6+/t9-,10+/m1/s1. The molecular formula is C10H11Cl3O. The van der Waals surface area contributed by atoms with E-state index >= 15 is 0 Å². The minimum Gasteiger partial charge on any atom is -0.298 e. The van der Waals surface area contributed by atoms with Crippen molar-refractivity contribution in [2.75, 3.05) is 0 Å². The van der Waals surface area contributed by atoms with Crippen LogP contribution in [0.2, 0.25) is 0 Å². The summed E-state index contributed by atoms with van der Waals surface area (Å²) in [5, 5.41) is -0.451. The fourth-order valence-electron chi connectivity index (χ4n) is 0.598. The highest BCUT2D eigenvalue weighted by atomic mass is 35.5. The molecule has 0 spiro atoms. The molecule has 0 radical (unpaired) electrons. The molecule has 0 aromatic heterocycles. The van der Waals surface area contributed by atoms with Gasteiger partial charge in [-0.2, -0.15) is 0 Å². The molecule has 0 aromatic rings. The quantitative estimate of drug-likeness (QED) is 0.240. The van der Waals surface area contributed by atoms with E-state index in [1.165, 1.54) is 11.6 Å². The fourth-order valence-corrected chi connectivity index (χ4v) is 0.956. The van der Waals surface area contributed by atoms with Crippen LogP contribution in [0.5, 0.6) is 0 Å². The maximum absolute atomic E-state index is 10.4. The summed E-state index contributed by atoms with van der Waals surface area (Å²) >= 11 is 17.3. The first-order valence-electron chi connectivity index (χ1n) is 3.88. The summed E-state index contributed by atoms with van der Waals surface area (Å²) in [6.07, 6.45) is 5.29. The molecule has 0 aliphatic heterocycles. The van der Waals surface area contributed by atoms with Crippen molar-refractivity contribution in [3.8, 4) is 0 Å². The minimum atomic E-state index is -0.738. The first kappa shape index (κ1) is 13.8. The number of hydrogen-bond acceptors (Lipinski definition) is 1. The van der Waals surface area contributed by atoms with Gasteiger partial charge in [0, 0.05) is 11.1 Å². The average Bonchev–Trinajstić information content (AvgIpc) is 2.19. The maximum atomic E-state index is 10.4. The predicted molar refractivity (Wildman–Crippen MR) is 63.2 cm³/mol. The molecule has 0 heterocycles. The van der Waals surface area contributed by atoms with Gasteiger partial charge in [0.1, 0.15) is 0 Å². The van der Waals surface area contributed by atoms with Crippen molar-refractivity contribution < 1.29 is 4.79 Å². The van der Waals surface area contributed by atoms with Crippen LogP contribution in [0.15, 0.2) is 35.9 Å². The predicted octanol–water partition coefficient (Wildman–Crippen LogP) is 3.66. The van der Waals surface area contributed by atoms with Crippen molar-refractivity contribution >= 4 is 41.1 Å². The van der Waals surface area contributed by atoms with Gasteiger partial charge >= 0.3 is 0 Å². The summed E-state index contributed by atoms with van der Waals surface area (Å²) in [5.41, 5.74) is 1.51. The van der Waals surface area contributed by atoms with E-state index in [4.69, 9.17) is 34.8 Å². The zero-order valence-corrected chi connectivity index (χ0v) is 9.98. The van der Waals surface area contributed by atoms with Crippen LogP contribution in [0.25, 0.3) is 0 Å². The topological polar surface area (TPSA) is 17.1 Å². The third-order valence-corrected chi connectivity index (χ3v) is 3.01. The molecule has 1 nitrogen and oxygen atoms in total. The Labute approximate surface area is 99.0 Å². The second-order valence-electron chi connectivity index (χ2n) is 2.84. The molecule has 78 valence electrons. The molecular weight excluding hydrogens is 242 g/mol. The fraction of sp³-hybridized carbons (Fsp3) is 0.300. The van der Waals surface area contributed by atoms with Gasteiger partial charge in [0.25, 0.3) is 0 Å². The molecule has 0 aliphatic carbocycles. The summed E-state index contributed by atoms with van der Waals surface area (Å²) in [4.78, 5) is 9.63. The van der Waals surface area contributed by atoms with Crippen LogP contribution in [-0.2, 0) is 4.79 Å². The van der Waals surface area contributed by atoms with Gasteiger partial charge in [-0.05, 0) is 6.92 Å². The first-order chi connectivity index (χ1) is 6.47. The molecule has 0 saturated heterocycles. The van der Waals surface area contributed by atoms with Gasteiger partial charge in [-0.3, -0.25) is 4.79 Å². The number of alkyl halides is 2. The van der Waals surface area contributed by atoms with Crippen LogP contribution in [0.3, 0.4) is 0 Å². The largest absolute Gasteiger partial charge is 0.298 e. The SMILES string of the molecule is C=C[C@](C)(Cl)[C@H](Cl)/C=C/C(C=O)=C\Cl. The normalized spacial score (nSPS) is 19.0. The Morgan fingerprint density at radius 3 is 2.50 bits per heavy atom. The zero-order valence-electron chi connectivity index (χ0n) is 7.71. The Balaban J connectivity index is 4.53. The van der Waals surface area contributed by atoms with E-state index in [0.717, 1.165) is 0 Å². The van der Waals surface area contributed by atoms with Crippen molar-refractivity contribution in [1.29, 1.82) is 0 Å². The van der Waals surface area contributed by atoms with E-state index < -0.39 is 10.3 Å². The van der Waals surface area contributed by atoms with Crippen molar-refractivity contribution in [3.05, 3.63) is 35.9 Å². The lowest BCUT2D eigenvalue weighted by molar-refractivity contribution is -0.104. The Morgan fingerprint density at radius 2 is 2.14 bits per heavy atom. The van der Waals surface area contributed by atoms with Crippen molar-refractivity contribution in [3.63, 3.8) is 0 Å². The van der Waals surface area contributed by atoms with Gasteiger partial charge in [-0.25, -0.2) is 0 Å². The number of aldehydes is 1. The first-order valence-corrected chi connectivity index (χ1v) is 5.13. The van der Waals surface area contributed by atoms with Crippen LogP contribution in [0, 0.1) is 0 Å². The average molecular weight is 254 g/mol. The summed E-state index contributed by atoms with van der Waals surface area (Å²) in [7, 11) is 0. The van der Waals surface area contributed by atoms with E-state index in [2.05, 4.69) is 6.58 Å². The maximum Gasteiger partial charge on any atom is 0.150 e. The van der Waals surface area contributed by atoms with Crippen LogP contribution in [-0.4, -0.2) is 16.5 Å². The lowest BCUT2D eigenvalue weighted by Gasteiger charge is -2.20. The van der Waals surface area contributed by atoms with E-state index in [0.29, 0.717) is 11.9 Å². The highest BCUT2D eigenvalue weighted by molar-refractivity contribution is 6.34. The monoisotopic (exact) mass is 252 g/mol. The third-order valence-electron chi connectivity index (χ3n) is 1.66. The Bertz CT molecular complexity index is 267. The molecule has 0 N–H and O–H groups in total. The smallest absolute Gasteiger partial charge is 0.150 e. The molecule has 0 fully saturated rings. The van der Waals surface area contributed by atoms with Crippen molar-refractivity contribution in [2.24, 2.45) is 0 Å². The van der Waals surface area contributed by atoms with Gasteiger partial charge in [0.2, 0.25) is 0 Å². The molecule has 2 atom stereocenters. The second-order valence-corrected chi connectivity index (χ2v) is 4.35. The number of hydrogen-bond donors (Lipinski definition) is 0. The minimum absolute atomic E-state index is 0.342. The molecule has 14 heavy (non-hydrogen) atoms. The summed E-state index contributed by atoms with van der Waals surface area (Å²) < 4.78 is 0. The Kier molecular flexibility index (Phi) is 6.17. The second kappa shape index (κ2) is 6.28. The van der Waals surface area contributed by atoms with Gasteiger partial charge in [-0.15, -0.1) is 29.8 Å². The molecule has 0 bridgehead atoms. The molecule has 0 rings (SSSR count). The van der Waals surface area contributed by atoms with Gasteiger partial charge in [0.05, 0.1) is 10.3 Å². The third kappa shape index (κ3) is 4.32. The number of carbonyl (C=O) groups is 1.